The fourth-order valence-corrected chi connectivity index (χ4v) is 1.36. The van der Waals surface area contributed by atoms with Crippen molar-refractivity contribution in [3.05, 3.63) is 23.8 Å². The molecule has 0 N–H and O–H groups in total. The van der Waals surface area contributed by atoms with Gasteiger partial charge in [0.2, 0.25) is 0 Å². The van der Waals surface area contributed by atoms with E-state index in [1.807, 2.05) is 26.8 Å². The van der Waals surface area contributed by atoms with Gasteiger partial charge in [-0.1, -0.05) is 18.2 Å². The maximum atomic E-state index is 10.6. The largest absolute Gasteiger partial charge is 0.298 e. The van der Waals surface area contributed by atoms with Gasteiger partial charge < -0.3 is 0 Å². The lowest BCUT2D eigenvalue weighted by molar-refractivity contribution is -0.105. The van der Waals surface area contributed by atoms with Gasteiger partial charge in [0, 0.05) is 6.42 Å². The summed E-state index contributed by atoms with van der Waals surface area (Å²) in [6.45, 7) is 9.73. The topological polar surface area (TPSA) is 17.1 Å². The lowest BCUT2D eigenvalue weighted by Crippen LogP contribution is -2.01. The fourth-order valence-electron chi connectivity index (χ4n) is 1.36. The number of carbonyl (C=O) groups excluding carboxylic acids is 1. The first-order valence-electron chi connectivity index (χ1n) is 5.31. The van der Waals surface area contributed by atoms with Crippen LogP contribution < -0.4 is 0 Å². The Kier molecular flexibility index (Phi) is 7.36. The highest BCUT2D eigenvalue weighted by Crippen LogP contribution is 2.20. The predicted molar refractivity (Wildman–Crippen MR) is 65.4 cm³/mol. The first kappa shape index (κ1) is 13.7. The summed E-state index contributed by atoms with van der Waals surface area (Å²) >= 11 is 0. The van der Waals surface area contributed by atoms with Crippen LogP contribution in [-0.4, -0.2) is 6.29 Å². The summed E-state index contributed by atoms with van der Waals surface area (Å²) in [7, 11) is 0. The monoisotopic (exact) mass is 204 g/mol. The molecule has 0 radical (unpaired) electrons. The first-order valence-corrected chi connectivity index (χ1v) is 5.31. The van der Waals surface area contributed by atoms with Gasteiger partial charge in [-0.25, -0.2) is 0 Å². The van der Waals surface area contributed by atoms with Crippen LogP contribution in [0.1, 0.15) is 40.0 Å². The van der Waals surface area contributed by atoms with Crippen LogP contribution in [0.3, 0.4) is 0 Å². The van der Waals surface area contributed by atoms with Crippen LogP contribution in [0.15, 0.2) is 23.8 Å². The van der Waals surface area contributed by atoms with E-state index < -0.39 is 0 Å². The van der Waals surface area contributed by atoms with E-state index in [1.165, 1.54) is 0 Å². The second kappa shape index (κ2) is 8.05. The van der Waals surface area contributed by atoms with Gasteiger partial charge in [-0.15, -0.1) is 11.8 Å². The van der Waals surface area contributed by atoms with E-state index in [1.54, 1.807) is 0 Å². The summed E-state index contributed by atoms with van der Waals surface area (Å²) in [5, 5.41) is 0. The summed E-state index contributed by atoms with van der Waals surface area (Å²) < 4.78 is 0. The van der Waals surface area contributed by atoms with Gasteiger partial charge in [0.15, 0.2) is 0 Å². The SMILES string of the molecule is C=C(C)[C@@H](CC#CC)CC/C(C=O)=C\C. The van der Waals surface area contributed by atoms with Crippen molar-refractivity contribution in [2.45, 2.75) is 40.0 Å². The Morgan fingerprint density at radius 2 is 2.20 bits per heavy atom. The number of hydrogen-bond donors (Lipinski definition) is 0. The molecule has 0 saturated heterocycles. The van der Waals surface area contributed by atoms with E-state index >= 15 is 0 Å². The Balaban J connectivity index is 4.22. The Bertz CT molecular complexity index is 299. The molecule has 0 aromatic carbocycles. The minimum Gasteiger partial charge on any atom is -0.298 e. The molecule has 0 unspecified atom stereocenters. The molecule has 0 bridgehead atoms. The van der Waals surface area contributed by atoms with Gasteiger partial charge in [-0.05, 0) is 45.1 Å². The fraction of sp³-hybridized carbons (Fsp3) is 0.500. The second-order valence-electron chi connectivity index (χ2n) is 3.69. The number of rotatable bonds is 6. The average molecular weight is 204 g/mol. The molecule has 0 heterocycles. The van der Waals surface area contributed by atoms with Crippen molar-refractivity contribution in [1.82, 2.24) is 0 Å². The molecule has 0 rings (SSSR count). The third kappa shape index (κ3) is 5.91. The Morgan fingerprint density at radius 1 is 1.53 bits per heavy atom. The molecule has 0 spiro atoms. The molecule has 0 saturated carbocycles. The molecule has 0 amide bonds. The lowest BCUT2D eigenvalue weighted by atomic mass is 9.91. The van der Waals surface area contributed by atoms with Crippen molar-refractivity contribution >= 4 is 6.29 Å². The van der Waals surface area contributed by atoms with E-state index in [0.29, 0.717) is 5.92 Å². The molecule has 1 nitrogen and oxygen atoms in total. The maximum absolute atomic E-state index is 10.6. The zero-order valence-electron chi connectivity index (χ0n) is 9.97. The van der Waals surface area contributed by atoms with E-state index in [0.717, 1.165) is 36.7 Å². The standard InChI is InChI=1S/C14H20O/c1-5-7-8-14(12(3)4)10-9-13(6-2)11-15/h6,11,14H,3,8-10H2,1-2,4H3/b13-6+/t14-/m0/s1. The number of carbonyl (C=O) groups is 1. The number of hydrogen-bond acceptors (Lipinski definition) is 1. The van der Waals surface area contributed by atoms with Crippen molar-refractivity contribution in [2.75, 3.05) is 0 Å². The van der Waals surface area contributed by atoms with Gasteiger partial charge >= 0.3 is 0 Å². The zero-order valence-corrected chi connectivity index (χ0v) is 9.97. The number of allylic oxidation sites excluding steroid dienone is 3. The first-order chi connectivity index (χ1) is 7.15. The molecule has 82 valence electrons. The minimum atomic E-state index is 0.410. The van der Waals surface area contributed by atoms with E-state index in [4.69, 9.17) is 0 Å². The van der Waals surface area contributed by atoms with E-state index in [-0.39, 0.29) is 0 Å². The molecule has 0 aromatic rings. The molecule has 0 aliphatic carbocycles. The summed E-state index contributed by atoms with van der Waals surface area (Å²) in [5.74, 6) is 6.37. The van der Waals surface area contributed by atoms with Gasteiger partial charge in [0.05, 0.1) is 0 Å². The third-order valence-electron chi connectivity index (χ3n) is 2.53. The number of aldehydes is 1. The van der Waals surface area contributed by atoms with Crippen molar-refractivity contribution in [3.63, 3.8) is 0 Å². The highest BCUT2D eigenvalue weighted by molar-refractivity contribution is 5.72. The van der Waals surface area contributed by atoms with Crippen LogP contribution in [0, 0.1) is 17.8 Å². The highest BCUT2D eigenvalue weighted by Gasteiger charge is 2.08. The molecule has 1 atom stereocenters. The summed E-state index contributed by atoms with van der Waals surface area (Å²) in [5.41, 5.74) is 2.02. The molecule has 1 heteroatoms. The Hall–Kier alpha value is -1.29. The summed E-state index contributed by atoms with van der Waals surface area (Å²) in [6, 6.07) is 0. The zero-order chi connectivity index (χ0) is 11.7. The normalized spacial score (nSPS) is 12.6. The minimum absolute atomic E-state index is 0.410. The van der Waals surface area contributed by atoms with Gasteiger partial charge in [0.25, 0.3) is 0 Å². The van der Waals surface area contributed by atoms with Crippen LogP contribution in [0.5, 0.6) is 0 Å². The maximum Gasteiger partial charge on any atom is 0.145 e. The Labute approximate surface area is 93.3 Å². The molecular formula is C14H20O. The van der Waals surface area contributed by atoms with Crippen LogP contribution in [0.25, 0.3) is 0 Å². The molecule has 0 aliphatic rings. The smallest absolute Gasteiger partial charge is 0.145 e. The molecule has 0 aliphatic heterocycles. The molecule has 0 fully saturated rings. The third-order valence-corrected chi connectivity index (χ3v) is 2.53. The summed E-state index contributed by atoms with van der Waals surface area (Å²) in [6.07, 6.45) is 5.43. The highest BCUT2D eigenvalue weighted by atomic mass is 16.1. The predicted octanol–water partition coefficient (Wildman–Crippen LogP) is 3.52. The van der Waals surface area contributed by atoms with Gasteiger partial charge in [-0.3, -0.25) is 4.79 Å². The van der Waals surface area contributed by atoms with Crippen LogP contribution in [0.4, 0.5) is 0 Å². The van der Waals surface area contributed by atoms with Crippen molar-refractivity contribution in [1.29, 1.82) is 0 Å². The van der Waals surface area contributed by atoms with Crippen molar-refractivity contribution < 1.29 is 4.79 Å². The molecule has 0 aromatic heterocycles. The summed E-state index contributed by atoms with van der Waals surface area (Å²) in [4.78, 5) is 10.6. The molecular weight excluding hydrogens is 184 g/mol. The lowest BCUT2D eigenvalue weighted by Gasteiger charge is -2.13. The van der Waals surface area contributed by atoms with Gasteiger partial charge in [-0.2, -0.15) is 0 Å². The quantitative estimate of drug-likeness (QED) is 0.280. The second-order valence-corrected chi connectivity index (χ2v) is 3.69. The van der Waals surface area contributed by atoms with Crippen molar-refractivity contribution in [2.24, 2.45) is 5.92 Å². The van der Waals surface area contributed by atoms with E-state index in [9.17, 15) is 4.79 Å². The van der Waals surface area contributed by atoms with E-state index in [2.05, 4.69) is 18.4 Å². The van der Waals surface area contributed by atoms with Crippen LogP contribution in [0.2, 0.25) is 0 Å². The average Bonchev–Trinajstić information content (AvgIpc) is 2.23. The van der Waals surface area contributed by atoms with Gasteiger partial charge in [0.1, 0.15) is 6.29 Å². The Morgan fingerprint density at radius 3 is 2.60 bits per heavy atom. The van der Waals surface area contributed by atoms with Crippen molar-refractivity contribution in [3.8, 4) is 11.8 Å². The molecule has 15 heavy (non-hydrogen) atoms. The van der Waals surface area contributed by atoms with Crippen LogP contribution in [-0.2, 0) is 4.79 Å². The van der Waals surface area contributed by atoms with Crippen LogP contribution >= 0.6 is 0 Å².